The second kappa shape index (κ2) is 5.67. The van der Waals surface area contributed by atoms with Crippen molar-refractivity contribution in [3.05, 3.63) is 29.6 Å². The van der Waals surface area contributed by atoms with Crippen molar-refractivity contribution in [2.24, 2.45) is 5.41 Å². The minimum absolute atomic E-state index is 0.0210. The van der Waals surface area contributed by atoms with E-state index in [4.69, 9.17) is 4.74 Å². The first-order valence-corrected chi connectivity index (χ1v) is 6.32. The van der Waals surface area contributed by atoms with Crippen molar-refractivity contribution in [3.8, 4) is 5.75 Å². The summed E-state index contributed by atoms with van der Waals surface area (Å²) in [6.07, 6.45) is 3.54. The largest absolute Gasteiger partial charge is 0.508 e. The molecule has 1 aliphatic rings. The highest BCUT2D eigenvalue weighted by Crippen LogP contribution is 2.48. The van der Waals surface area contributed by atoms with Gasteiger partial charge in [0.05, 0.1) is 0 Å². The summed E-state index contributed by atoms with van der Waals surface area (Å²) in [5.41, 5.74) is 1.15. The van der Waals surface area contributed by atoms with Gasteiger partial charge >= 0.3 is 0 Å². The van der Waals surface area contributed by atoms with E-state index in [0.29, 0.717) is 12.0 Å². The molecule has 1 aromatic rings. The van der Waals surface area contributed by atoms with Gasteiger partial charge in [0, 0.05) is 32.9 Å². The van der Waals surface area contributed by atoms with Crippen molar-refractivity contribution in [1.29, 1.82) is 0 Å². The van der Waals surface area contributed by atoms with Crippen LogP contribution in [-0.2, 0) is 11.3 Å². The zero-order chi connectivity index (χ0) is 13.0. The molecular formula is C14H20FNO2. The van der Waals surface area contributed by atoms with Crippen LogP contribution in [0.3, 0.4) is 0 Å². The van der Waals surface area contributed by atoms with Crippen LogP contribution in [0.5, 0.6) is 5.75 Å². The van der Waals surface area contributed by atoms with E-state index in [-0.39, 0.29) is 5.75 Å². The molecule has 4 heteroatoms. The summed E-state index contributed by atoms with van der Waals surface area (Å²) in [5.74, 6) is -0.417. The molecule has 0 aliphatic heterocycles. The smallest absolute Gasteiger partial charge is 0.127 e. The van der Waals surface area contributed by atoms with E-state index in [1.54, 1.807) is 13.2 Å². The van der Waals surface area contributed by atoms with Gasteiger partial charge in [-0.2, -0.15) is 0 Å². The Morgan fingerprint density at radius 1 is 1.39 bits per heavy atom. The Morgan fingerprint density at radius 3 is 2.78 bits per heavy atom. The van der Waals surface area contributed by atoms with Crippen LogP contribution < -0.4 is 5.32 Å². The minimum Gasteiger partial charge on any atom is -0.508 e. The van der Waals surface area contributed by atoms with Gasteiger partial charge in [0.1, 0.15) is 11.6 Å². The molecule has 1 aliphatic carbocycles. The third-order valence-electron chi connectivity index (χ3n) is 3.57. The normalized spacial score (nSPS) is 16.8. The summed E-state index contributed by atoms with van der Waals surface area (Å²) in [4.78, 5) is 0. The summed E-state index contributed by atoms with van der Waals surface area (Å²) in [6, 6.07) is 4.15. The molecule has 1 saturated carbocycles. The molecule has 18 heavy (non-hydrogen) atoms. The lowest BCUT2D eigenvalue weighted by atomic mass is 10.0. The van der Waals surface area contributed by atoms with Gasteiger partial charge < -0.3 is 15.2 Å². The Labute approximate surface area is 107 Å². The minimum atomic E-state index is -0.396. The zero-order valence-electron chi connectivity index (χ0n) is 10.7. The van der Waals surface area contributed by atoms with E-state index in [2.05, 4.69) is 5.32 Å². The van der Waals surface area contributed by atoms with Gasteiger partial charge in [0.25, 0.3) is 0 Å². The lowest BCUT2D eigenvalue weighted by molar-refractivity contribution is 0.171. The summed E-state index contributed by atoms with van der Waals surface area (Å²) < 4.78 is 18.2. The van der Waals surface area contributed by atoms with Gasteiger partial charge in [-0.05, 0) is 42.4 Å². The van der Waals surface area contributed by atoms with Crippen LogP contribution in [0.15, 0.2) is 18.2 Å². The van der Waals surface area contributed by atoms with Crippen LogP contribution in [0.2, 0.25) is 0 Å². The van der Waals surface area contributed by atoms with Crippen LogP contribution in [-0.4, -0.2) is 25.4 Å². The molecule has 2 N–H and O–H groups in total. The number of hydrogen-bond acceptors (Lipinski definition) is 3. The first-order valence-electron chi connectivity index (χ1n) is 6.32. The lowest BCUT2D eigenvalue weighted by Gasteiger charge is -2.15. The molecule has 0 aromatic heterocycles. The first kappa shape index (κ1) is 13.3. The quantitative estimate of drug-likeness (QED) is 0.784. The van der Waals surface area contributed by atoms with Gasteiger partial charge in [-0.1, -0.05) is 0 Å². The monoisotopic (exact) mass is 253 g/mol. The summed E-state index contributed by atoms with van der Waals surface area (Å²) in [5, 5.41) is 12.6. The van der Waals surface area contributed by atoms with Gasteiger partial charge in [-0.15, -0.1) is 0 Å². The molecule has 0 unspecified atom stereocenters. The van der Waals surface area contributed by atoms with Crippen molar-refractivity contribution >= 4 is 0 Å². The molecule has 2 rings (SSSR count). The molecule has 0 amide bonds. The zero-order valence-corrected chi connectivity index (χ0v) is 10.7. The van der Waals surface area contributed by atoms with Crippen molar-refractivity contribution in [1.82, 2.24) is 5.32 Å². The van der Waals surface area contributed by atoms with Crippen molar-refractivity contribution in [2.75, 3.05) is 20.3 Å². The second-order valence-electron chi connectivity index (χ2n) is 5.16. The van der Waals surface area contributed by atoms with Crippen molar-refractivity contribution in [3.63, 3.8) is 0 Å². The number of halogens is 1. The van der Waals surface area contributed by atoms with Crippen LogP contribution in [0.1, 0.15) is 24.8 Å². The molecule has 0 atom stereocenters. The Bertz CT molecular complexity index is 385. The van der Waals surface area contributed by atoms with E-state index in [1.165, 1.54) is 18.9 Å². The lowest BCUT2D eigenvalue weighted by Crippen LogP contribution is -2.24. The first-order chi connectivity index (χ1) is 8.63. The summed E-state index contributed by atoms with van der Waals surface area (Å²) in [6.45, 7) is 2.30. The number of aromatic hydroxyl groups is 1. The Kier molecular flexibility index (Phi) is 4.19. The van der Waals surface area contributed by atoms with Crippen molar-refractivity contribution in [2.45, 2.75) is 25.8 Å². The van der Waals surface area contributed by atoms with Crippen LogP contribution in [0.25, 0.3) is 0 Å². The maximum absolute atomic E-state index is 13.1. The maximum Gasteiger partial charge on any atom is 0.127 e. The fourth-order valence-corrected chi connectivity index (χ4v) is 2.22. The number of benzene rings is 1. The van der Waals surface area contributed by atoms with Crippen LogP contribution >= 0.6 is 0 Å². The Hall–Kier alpha value is -1.13. The van der Waals surface area contributed by atoms with Gasteiger partial charge in [-0.3, -0.25) is 0 Å². The number of phenols is 1. The molecule has 0 bridgehead atoms. The third-order valence-corrected chi connectivity index (χ3v) is 3.57. The molecule has 3 nitrogen and oxygen atoms in total. The fraction of sp³-hybridized carbons (Fsp3) is 0.571. The van der Waals surface area contributed by atoms with E-state index in [9.17, 15) is 9.50 Å². The molecular weight excluding hydrogens is 233 g/mol. The standard InChI is InChI=1S/C14H20FNO2/c1-18-5-4-14(2-3-14)10-16-9-11-6-12(15)8-13(17)7-11/h6-8,16-17H,2-5,9-10H2,1H3. The molecule has 0 spiro atoms. The Balaban J connectivity index is 1.78. The van der Waals surface area contributed by atoms with Gasteiger partial charge in [0.2, 0.25) is 0 Å². The van der Waals surface area contributed by atoms with Gasteiger partial charge in [0.15, 0.2) is 0 Å². The third kappa shape index (κ3) is 3.68. The Morgan fingerprint density at radius 2 is 2.17 bits per heavy atom. The van der Waals surface area contributed by atoms with E-state index >= 15 is 0 Å². The topological polar surface area (TPSA) is 41.5 Å². The molecule has 100 valence electrons. The summed E-state index contributed by atoms with van der Waals surface area (Å²) in [7, 11) is 1.72. The van der Waals surface area contributed by atoms with E-state index in [1.807, 2.05) is 0 Å². The number of nitrogens with one attached hydrogen (secondary N) is 1. The highest BCUT2D eigenvalue weighted by atomic mass is 19.1. The highest BCUT2D eigenvalue weighted by molar-refractivity contribution is 5.28. The van der Waals surface area contributed by atoms with Crippen LogP contribution in [0, 0.1) is 11.2 Å². The molecule has 0 heterocycles. The second-order valence-corrected chi connectivity index (χ2v) is 5.16. The summed E-state index contributed by atoms with van der Waals surface area (Å²) >= 11 is 0. The molecule has 0 saturated heterocycles. The molecule has 1 aromatic carbocycles. The number of hydrogen-bond donors (Lipinski definition) is 2. The van der Waals surface area contributed by atoms with Crippen LogP contribution in [0.4, 0.5) is 4.39 Å². The predicted octanol–water partition coefficient (Wildman–Crippen LogP) is 2.44. The van der Waals surface area contributed by atoms with Gasteiger partial charge in [-0.25, -0.2) is 4.39 Å². The maximum atomic E-state index is 13.1. The average molecular weight is 253 g/mol. The van der Waals surface area contributed by atoms with E-state index in [0.717, 1.165) is 31.2 Å². The number of methoxy groups -OCH3 is 1. The fourth-order valence-electron chi connectivity index (χ4n) is 2.22. The SMILES string of the molecule is COCCC1(CNCc2cc(O)cc(F)c2)CC1. The number of rotatable bonds is 7. The predicted molar refractivity (Wildman–Crippen MR) is 67.9 cm³/mol. The number of phenolic OH excluding ortho intramolecular Hbond substituents is 1. The molecule has 0 radical (unpaired) electrons. The average Bonchev–Trinajstić information content (AvgIpc) is 3.06. The number of ether oxygens (including phenoxy) is 1. The van der Waals surface area contributed by atoms with Crippen molar-refractivity contribution < 1.29 is 14.2 Å². The molecule has 1 fully saturated rings. The van der Waals surface area contributed by atoms with E-state index < -0.39 is 5.82 Å². The highest BCUT2D eigenvalue weighted by Gasteiger charge is 2.41.